The Morgan fingerprint density at radius 2 is 1.76 bits per heavy atom. The molecule has 0 aliphatic carbocycles. The summed E-state index contributed by atoms with van der Waals surface area (Å²) in [4.78, 5) is 29.9. The summed E-state index contributed by atoms with van der Waals surface area (Å²) in [6, 6.07) is 16.3. The Bertz CT molecular complexity index is 1170. The molecule has 0 atom stereocenters. The largest absolute Gasteiger partial charge is 0.493 e. The van der Waals surface area contributed by atoms with E-state index >= 15 is 0 Å². The second-order valence-electron chi connectivity index (χ2n) is 8.54. The number of carbonyl (C=O) groups excluding carboxylic acids is 2. The van der Waals surface area contributed by atoms with Gasteiger partial charge in [-0.2, -0.15) is 0 Å². The van der Waals surface area contributed by atoms with Gasteiger partial charge in [0.1, 0.15) is 12.3 Å². The highest BCUT2D eigenvalue weighted by molar-refractivity contribution is 9.10. The van der Waals surface area contributed by atoms with Crippen molar-refractivity contribution in [2.45, 2.75) is 19.4 Å². The molecule has 2 aromatic carbocycles. The van der Waals surface area contributed by atoms with Crippen LogP contribution in [0, 0.1) is 0 Å². The summed E-state index contributed by atoms with van der Waals surface area (Å²) in [6.45, 7) is 1.47. The lowest BCUT2D eigenvalue weighted by atomic mass is 10.1. The molecule has 3 aromatic rings. The Morgan fingerprint density at radius 3 is 2.45 bits per heavy atom. The van der Waals surface area contributed by atoms with Crippen molar-refractivity contribution in [3.05, 3.63) is 76.7 Å². The van der Waals surface area contributed by atoms with E-state index in [4.69, 9.17) is 18.6 Å². The molecule has 1 aromatic heterocycles. The Hall–Kier alpha value is -3.50. The van der Waals surface area contributed by atoms with Crippen LogP contribution in [-0.2, 0) is 22.5 Å². The minimum Gasteiger partial charge on any atom is -0.493 e. The maximum Gasteiger partial charge on any atom is 0.322 e. The summed E-state index contributed by atoms with van der Waals surface area (Å²) < 4.78 is 22.3. The van der Waals surface area contributed by atoms with Gasteiger partial charge in [0.05, 0.1) is 27.0 Å². The van der Waals surface area contributed by atoms with Gasteiger partial charge in [0.25, 0.3) is 0 Å². The van der Waals surface area contributed by atoms with Gasteiger partial charge in [-0.05, 0) is 60.9 Å². The number of anilines is 1. The highest BCUT2D eigenvalue weighted by atomic mass is 79.9. The predicted octanol–water partition coefficient (Wildman–Crippen LogP) is 5.20. The third-order valence-corrected chi connectivity index (χ3v) is 6.36. The first-order chi connectivity index (χ1) is 18.4. The number of methoxy groups -OCH3 is 3. The van der Waals surface area contributed by atoms with Gasteiger partial charge in [-0.3, -0.25) is 4.79 Å². The molecule has 0 spiro atoms. The van der Waals surface area contributed by atoms with Crippen LogP contribution in [0.15, 0.2) is 69.8 Å². The summed E-state index contributed by atoms with van der Waals surface area (Å²) in [5.74, 6) is 1.74. The molecule has 0 aliphatic rings. The molecule has 0 saturated carbocycles. The van der Waals surface area contributed by atoms with Gasteiger partial charge < -0.3 is 33.7 Å². The van der Waals surface area contributed by atoms with Crippen molar-refractivity contribution in [2.24, 2.45) is 0 Å². The van der Waals surface area contributed by atoms with Crippen molar-refractivity contribution in [3.8, 4) is 11.5 Å². The van der Waals surface area contributed by atoms with Crippen molar-refractivity contribution in [2.75, 3.05) is 52.9 Å². The molecular formula is C28H34BrN3O6. The molecule has 0 bridgehead atoms. The van der Waals surface area contributed by atoms with Crippen molar-refractivity contribution >= 4 is 33.6 Å². The average Bonchev–Trinajstić information content (AvgIpc) is 3.43. The van der Waals surface area contributed by atoms with Gasteiger partial charge in [0, 0.05) is 37.0 Å². The van der Waals surface area contributed by atoms with Crippen molar-refractivity contribution < 1.29 is 28.2 Å². The molecule has 0 aliphatic heterocycles. The van der Waals surface area contributed by atoms with Gasteiger partial charge in [-0.15, -0.1) is 0 Å². The summed E-state index contributed by atoms with van der Waals surface area (Å²) in [7, 11) is 4.79. The fourth-order valence-electron chi connectivity index (χ4n) is 3.87. The molecule has 3 amide bonds. The quantitative estimate of drug-likeness (QED) is 0.260. The van der Waals surface area contributed by atoms with Crippen LogP contribution in [0.25, 0.3) is 0 Å². The number of halogens is 1. The summed E-state index contributed by atoms with van der Waals surface area (Å²) in [5.41, 5.74) is 1.62. The van der Waals surface area contributed by atoms with E-state index in [9.17, 15) is 9.59 Å². The Balaban J connectivity index is 1.74. The topological polar surface area (TPSA) is 93.5 Å². The van der Waals surface area contributed by atoms with E-state index in [-0.39, 0.29) is 25.0 Å². The van der Waals surface area contributed by atoms with E-state index in [2.05, 4.69) is 21.2 Å². The summed E-state index contributed by atoms with van der Waals surface area (Å²) >= 11 is 3.42. The molecule has 3 rings (SSSR count). The maximum absolute atomic E-state index is 13.5. The van der Waals surface area contributed by atoms with Crippen LogP contribution in [-0.4, -0.2) is 69.3 Å². The molecule has 38 heavy (non-hydrogen) atoms. The first-order valence-corrected chi connectivity index (χ1v) is 13.0. The molecule has 0 saturated heterocycles. The standard InChI is InChI=1S/C28H34BrN3O6/c1-35-15-6-13-32(28(34)30-23-8-4-7-22(29)18-23)20-27(33)31(19-24-9-5-16-38-24)14-12-21-10-11-25(36-2)26(17-21)37-3/h4-5,7-11,16-18H,6,12-15,19-20H2,1-3H3,(H,30,34). The molecule has 0 fully saturated rings. The Kier molecular flexibility index (Phi) is 11.5. The smallest absolute Gasteiger partial charge is 0.322 e. The summed E-state index contributed by atoms with van der Waals surface area (Å²) in [5, 5.41) is 2.88. The van der Waals surface area contributed by atoms with E-state index in [1.807, 2.05) is 36.4 Å². The number of amides is 3. The number of benzene rings is 2. The highest BCUT2D eigenvalue weighted by Crippen LogP contribution is 2.28. The predicted molar refractivity (Wildman–Crippen MR) is 149 cm³/mol. The fourth-order valence-corrected chi connectivity index (χ4v) is 4.27. The number of furan rings is 1. The third-order valence-electron chi connectivity index (χ3n) is 5.86. The van der Waals surface area contributed by atoms with E-state index in [1.165, 1.54) is 4.90 Å². The molecule has 0 unspecified atom stereocenters. The van der Waals surface area contributed by atoms with Gasteiger partial charge in [0.2, 0.25) is 5.91 Å². The number of hydrogen-bond acceptors (Lipinski definition) is 6. The monoisotopic (exact) mass is 587 g/mol. The number of urea groups is 1. The molecule has 9 nitrogen and oxygen atoms in total. The van der Waals surface area contributed by atoms with E-state index in [0.717, 1.165) is 10.0 Å². The van der Waals surface area contributed by atoms with Gasteiger partial charge >= 0.3 is 6.03 Å². The molecular weight excluding hydrogens is 554 g/mol. The highest BCUT2D eigenvalue weighted by Gasteiger charge is 2.22. The fraction of sp³-hybridized carbons (Fsp3) is 0.357. The lowest BCUT2D eigenvalue weighted by molar-refractivity contribution is -0.132. The second-order valence-corrected chi connectivity index (χ2v) is 9.46. The van der Waals surface area contributed by atoms with Crippen LogP contribution in [0.3, 0.4) is 0 Å². The molecule has 204 valence electrons. The van der Waals surface area contributed by atoms with Crippen LogP contribution in [0.5, 0.6) is 11.5 Å². The summed E-state index contributed by atoms with van der Waals surface area (Å²) in [6.07, 6.45) is 2.76. The van der Waals surface area contributed by atoms with E-state index < -0.39 is 0 Å². The first-order valence-electron chi connectivity index (χ1n) is 12.2. The van der Waals surface area contributed by atoms with Crippen molar-refractivity contribution in [1.82, 2.24) is 9.80 Å². The lowest BCUT2D eigenvalue weighted by Crippen LogP contribution is -2.45. The molecule has 10 heteroatoms. The number of nitrogens with zero attached hydrogens (tertiary/aromatic N) is 2. The van der Waals surface area contributed by atoms with Crippen LogP contribution in [0.2, 0.25) is 0 Å². The van der Waals surface area contributed by atoms with Crippen LogP contribution < -0.4 is 14.8 Å². The zero-order valence-corrected chi connectivity index (χ0v) is 23.5. The third kappa shape index (κ3) is 8.81. The second kappa shape index (κ2) is 15.0. The van der Waals surface area contributed by atoms with Gasteiger partial charge in [-0.25, -0.2) is 4.79 Å². The van der Waals surface area contributed by atoms with Crippen LogP contribution >= 0.6 is 15.9 Å². The zero-order valence-electron chi connectivity index (χ0n) is 21.9. The number of nitrogens with one attached hydrogen (secondary N) is 1. The normalized spacial score (nSPS) is 10.6. The van der Waals surface area contributed by atoms with Crippen LogP contribution in [0.1, 0.15) is 17.7 Å². The van der Waals surface area contributed by atoms with Crippen molar-refractivity contribution in [3.63, 3.8) is 0 Å². The Labute approximate surface area is 231 Å². The SMILES string of the molecule is COCCCN(CC(=O)N(CCc1ccc(OC)c(OC)c1)Cc1ccco1)C(=O)Nc1cccc(Br)c1. The number of rotatable bonds is 14. The Morgan fingerprint density at radius 1 is 0.947 bits per heavy atom. The van der Waals surface area contributed by atoms with Gasteiger partial charge in [0.15, 0.2) is 11.5 Å². The molecule has 1 N–H and O–H groups in total. The lowest BCUT2D eigenvalue weighted by Gasteiger charge is -2.27. The number of hydrogen-bond donors (Lipinski definition) is 1. The van der Waals surface area contributed by atoms with E-state index in [0.29, 0.717) is 55.5 Å². The van der Waals surface area contributed by atoms with E-state index in [1.54, 1.807) is 50.7 Å². The minimum absolute atomic E-state index is 0.0871. The maximum atomic E-state index is 13.5. The molecule has 0 radical (unpaired) electrons. The van der Waals surface area contributed by atoms with Crippen molar-refractivity contribution in [1.29, 1.82) is 0 Å². The minimum atomic E-state index is -0.356. The molecule has 1 heterocycles. The van der Waals surface area contributed by atoms with Crippen LogP contribution in [0.4, 0.5) is 10.5 Å². The average molecular weight is 588 g/mol. The van der Waals surface area contributed by atoms with Gasteiger partial charge in [-0.1, -0.05) is 28.1 Å². The zero-order chi connectivity index (χ0) is 27.3. The first kappa shape index (κ1) is 29.1. The number of carbonyl (C=O) groups is 2. The number of ether oxygens (including phenoxy) is 3.